The summed E-state index contributed by atoms with van der Waals surface area (Å²) in [7, 11) is 1.64. The standard InChI is InChI=1S/C13H14N2OS/c1-16-10-4-7-12(15)13(8-10)17-11-5-2-9(14)3-6-11/h2-8H,14-15H2,1H3. The van der Waals surface area contributed by atoms with E-state index < -0.39 is 0 Å². The Morgan fingerprint density at radius 1 is 1.00 bits per heavy atom. The maximum atomic E-state index is 5.92. The van der Waals surface area contributed by atoms with Gasteiger partial charge in [0.05, 0.1) is 7.11 Å². The van der Waals surface area contributed by atoms with Crippen LogP contribution in [-0.4, -0.2) is 7.11 Å². The van der Waals surface area contributed by atoms with Crippen molar-refractivity contribution in [2.75, 3.05) is 18.6 Å². The summed E-state index contributed by atoms with van der Waals surface area (Å²) in [4.78, 5) is 2.08. The summed E-state index contributed by atoms with van der Waals surface area (Å²) in [6, 6.07) is 13.3. The quantitative estimate of drug-likeness (QED) is 0.817. The van der Waals surface area contributed by atoms with Crippen LogP contribution in [0.25, 0.3) is 0 Å². The van der Waals surface area contributed by atoms with Crippen molar-refractivity contribution in [3.8, 4) is 5.75 Å². The van der Waals surface area contributed by atoms with Crippen LogP contribution in [0.4, 0.5) is 11.4 Å². The second-order valence-corrected chi connectivity index (χ2v) is 4.69. The van der Waals surface area contributed by atoms with Gasteiger partial charge in [-0.05, 0) is 42.5 Å². The lowest BCUT2D eigenvalue weighted by atomic mass is 10.3. The van der Waals surface area contributed by atoms with Crippen molar-refractivity contribution in [3.05, 3.63) is 42.5 Å². The Labute approximate surface area is 105 Å². The molecule has 0 amide bonds. The molecule has 0 aromatic heterocycles. The first-order valence-corrected chi connectivity index (χ1v) is 5.97. The van der Waals surface area contributed by atoms with Gasteiger partial charge in [0.15, 0.2) is 0 Å². The number of nitrogen functional groups attached to an aromatic ring is 2. The zero-order valence-corrected chi connectivity index (χ0v) is 10.3. The first kappa shape index (κ1) is 11.7. The fraction of sp³-hybridized carbons (Fsp3) is 0.0769. The highest BCUT2D eigenvalue weighted by Crippen LogP contribution is 2.34. The second-order valence-electron chi connectivity index (χ2n) is 3.57. The monoisotopic (exact) mass is 246 g/mol. The predicted octanol–water partition coefficient (Wildman–Crippen LogP) is 3.01. The van der Waals surface area contributed by atoms with E-state index >= 15 is 0 Å². The lowest BCUT2D eigenvalue weighted by Gasteiger charge is -2.07. The van der Waals surface area contributed by atoms with Crippen molar-refractivity contribution in [1.82, 2.24) is 0 Å². The van der Waals surface area contributed by atoms with E-state index in [0.717, 1.165) is 26.9 Å². The molecule has 0 atom stereocenters. The average Bonchev–Trinajstić information content (AvgIpc) is 2.35. The number of nitrogens with two attached hydrogens (primary N) is 2. The van der Waals surface area contributed by atoms with Crippen LogP contribution >= 0.6 is 11.8 Å². The molecule has 0 radical (unpaired) electrons. The Kier molecular flexibility index (Phi) is 3.44. The van der Waals surface area contributed by atoms with Crippen LogP contribution in [0, 0.1) is 0 Å². The van der Waals surface area contributed by atoms with Crippen molar-refractivity contribution >= 4 is 23.1 Å². The highest BCUT2D eigenvalue weighted by atomic mass is 32.2. The molecule has 2 aromatic carbocycles. The summed E-state index contributed by atoms with van der Waals surface area (Å²) >= 11 is 1.59. The fourth-order valence-corrected chi connectivity index (χ4v) is 2.28. The van der Waals surface area contributed by atoms with Crippen LogP contribution in [0.2, 0.25) is 0 Å². The van der Waals surface area contributed by atoms with Crippen LogP contribution in [0.15, 0.2) is 52.3 Å². The Hall–Kier alpha value is -1.81. The molecule has 4 heteroatoms. The van der Waals surface area contributed by atoms with Gasteiger partial charge < -0.3 is 16.2 Å². The summed E-state index contributed by atoms with van der Waals surface area (Å²) < 4.78 is 5.18. The molecule has 17 heavy (non-hydrogen) atoms. The van der Waals surface area contributed by atoms with Gasteiger partial charge in [0.25, 0.3) is 0 Å². The van der Waals surface area contributed by atoms with Crippen LogP contribution < -0.4 is 16.2 Å². The summed E-state index contributed by atoms with van der Waals surface area (Å²) in [6.45, 7) is 0. The Morgan fingerprint density at radius 2 is 1.71 bits per heavy atom. The van der Waals surface area contributed by atoms with Gasteiger partial charge in [-0.2, -0.15) is 0 Å². The topological polar surface area (TPSA) is 61.3 Å². The molecule has 0 fully saturated rings. The molecular formula is C13H14N2OS. The van der Waals surface area contributed by atoms with E-state index in [4.69, 9.17) is 16.2 Å². The van der Waals surface area contributed by atoms with Crippen molar-refractivity contribution in [3.63, 3.8) is 0 Å². The van der Waals surface area contributed by atoms with E-state index in [1.54, 1.807) is 18.9 Å². The van der Waals surface area contributed by atoms with Gasteiger partial charge in [-0.1, -0.05) is 11.8 Å². The molecule has 0 unspecified atom stereocenters. The molecule has 0 spiro atoms. The minimum Gasteiger partial charge on any atom is -0.497 e. The molecule has 0 aliphatic rings. The van der Waals surface area contributed by atoms with E-state index in [0.29, 0.717) is 0 Å². The van der Waals surface area contributed by atoms with Gasteiger partial charge in [-0.15, -0.1) is 0 Å². The number of hydrogen-bond donors (Lipinski definition) is 2. The SMILES string of the molecule is COc1ccc(N)c(Sc2ccc(N)cc2)c1. The number of benzene rings is 2. The van der Waals surface area contributed by atoms with Gasteiger partial charge in [-0.3, -0.25) is 0 Å². The molecule has 0 aliphatic carbocycles. The molecule has 2 rings (SSSR count). The Balaban J connectivity index is 2.25. The van der Waals surface area contributed by atoms with Gasteiger partial charge >= 0.3 is 0 Å². The first-order chi connectivity index (χ1) is 8.19. The molecule has 4 N–H and O–H groups in total. The molecule has 2 aromatic rings. The number of anilines is 2. The van der Waals surface area contributed by atoms with Crippen molar-refractivity contribution < 1.29 is 4.74 Å². The van der Waals surface area contributed by atoms with E-state index in [1.165, 1.54) is 0 Å². The summed E-state index contributed by atoms with van der Waals surface area (Å²) in [5, 5.41) is 0. The van der Waals surface area contributed by atoms with Gasteiger partial charge in [0, 0.05) is 21.2 Å². The van der Waals surface area contributed by atoms with Crippen molar-refractivity contribution in [1.29, 1.82) is 0 Å². The minimum absolute atomic E-state index is 0.743. The number of methoxy groups -OCH3 is 1. The molecule has 0 saturated carbocycles. The number of hydrogen-bond acceptors (Lipinski definition) is 4. The zero-order valence-electron chi connectivity index (χ0n) is 9.51. The van der Waals surface area contributed by atoms with Crippen LogP contribution in [-0.2, 0) is 0 Å². The predicted molar refractivity (Wildman–Crippen MR) is 72.4 cm³/mol. The van der Waals surface area contributed by atoms with Gasteiger partial charge in [-0.25, -0.2) is 0 Å². The fourth-order valence-electron chi connectivity index (χ4n) is 1.39. The third-order valence-electron chi connectivity index (χ3n) is 2.33. The van der Waals surface area contributed by atoms with Crippen molar-refractivity contribution in [2.45, 2.75) is 9.79 Å². The van der Waals surface area contributed by atoms with Gasteiger partial charge in [0.2, 0.25) is 0 Å². The third-order valence-corrected chi connectivity index (χ3v) is 3.41. The third kappa shape index (κ3) is 2.85. The Bertz CT molecular complexity index is 511. The molecule has 0 bridgehead atoms. The van der Waals surface area contributed by atoms with Crippen LogP contribution in [0.3, 0.4) is 0 Å². The maximum Gasteiger partial charge on any atom is 0.120 e. The summed E-state index contributed by atoms with van der Waals surface area (Å²) in [5.74, 6) is 0.803. The highest BCUT2D eigenvalue weighted by Gasteiger charge is 2.03. The highest BCUT2D eigenvalue weighted by molar-refractivity contribution is 7.99. The molecule has 0 saturated heterocycles. The van der Waals surface area contributed by atoms with E-state index in [2.05, 4.69) is 0 Å². The number of rotatable bonds is 3. The summed E-state index contributed by atoms with van der Waals surface area (Å²) in [6.07, 6.45) is 0. The maximum absolute atomic E-state index is 5.92. The molecule has 3 nitrogen and oxygen atoms in total. The zero-order chi connectivity index (χ0) is 12.3. The van der Waals surface area contributed by atoms with E-state index in [1.807, 2.05) is 42.5 Å². The van der Waals surface area contributed by atoms with E-state index in [-0.39, 0.29) is 0 Å². The lowest BCUT2D eigenvalue weighted by molar-refractivity contribution is 0.414. The molecule has 0 aliphatic heterocycles. The largest absolute Gasteiger partial charge is 0.497 e. The van der Waals surface area contributed by atoms with E-state index in [9.17, 15) is 0 Å². The smallest absolute Gasteiger partial charge is 0.120 e. The molecule has 88 valence electrons. The molecular weight excluding hydrogens is 232 g/mol. The summed E-state index contributed by atoms with van der Waals surface area (Å²) in [5.41, 5.74) is 13.1. The normalized spacial score (nSPS) is 10.2. The van der Waals surface area contributed by atoms with Crippen LogP contribution in [0.1, 0.15) is 0 Å². The lowest BCUT2D eigenvalue weighted by Crippen LogP contribution is -1.90. The number of ether oxygens (including phenoxy) is 1. The average molecular weight is 246 g/mol. The minimum atomic E-state index is 0.743. The molecule has 0 heterocycles. The van der Waals surface area contributed by atoms with Gasteiger partial charge in [0.1, 0.15) is 5.75 Å². The first-order valence-electron chi connectivity index (χ1n) is 5.16. The van der Waals surface area contributed by atoms with Crippen LogP contribution in [0.5, 0.6) is 5.75 Å². The second kappa shape index (κ2) is 5.01. The van der Waals surface area contributed by atoms with Crippen molar-refractivity contribution in [2.24, 2.45) is 0 Å². The Morgan fingerprint density at radius 3 is 2.35 bits per heavy atom.